The second-order valence-electron chi connectivity index (χ2n) is 9.31. The number of carbonyl (C=O) groups is 1. The van der Waals surface area contributed by atoms with Crippen LogP contribution in [0.3, 0.4) is 0 Å². The van der Waals surface area contributed by atoms with Crippen molar-refractivity contribution in [1.82, 2.24) is 14.1 Å². The molecule has 0 unspecified atom stereocenters. The molecule has 1 amide bonds. The SMILES string of the molecule is Cc1ccc(S(=O)(=O)N2CCC(C(=O)Nc3c4c(nn3-c3ccccc3)CCC4)CC2)c(C)c1. The van der Waals surface area contributed by atoms with Crippen LogP contribution in [0, 0.1) is 19.8 Å². The van der Waals surface area contributed by atoms with Crippen molar-refractivity contribution in [1.29, 1.82) is 0 Å². The van der Waals surface area contributed by atoms with Gasteiger partial charge in [0.15, 0.2) is 0 Å². The average molecular weight is 479 g/mol. The van der Waals surface area contributed by atoms with E-state index in [0.717, 1.165) is 53.2 Å². The number of anilines is 1. The summed E-state index contributed by atoms with van der Waals surface area (Å²) in [6.45, 7) is 4.45. The minimum absolute atomic E-state index is 0.0599. The fourth-order valence-electron chi connectivity index (χ4n) is 5.08. The number of aromatic nitrogens is 2. The van der Waals surface area contributed by atoms with Gasteiger partial charge in [-0.15, -0.1) is 0 Å². The molecule has 2 aliphatic rings. The highest BCUT2D eigenvalue weighted by molar-refractivity contribution is 7.89. The highest BCUT2D eigenvalue weighted by atomic mass is 32.2. The average Bonchev–Trinajstić information content (AvgIpc) is 3.42. The Kier molecular flexibility index (Phi) is 6.04. The summed E-state index contributed by atoms with van der Waals surface area (Å²) in [6, 6.07) is 15.2. The van der Waals surface area contributed by atoms with Gasteiger partial charge in [-0.1, -0.05) is 35.9 Å². The number of benzene rings is 2. The standard InChI is InChI=1S/C26H30N4O3S/c1-18-11-12-24(19(2)17-18)34(32,33)29-15-13-20(14-16-29)26(31)27-25-22-9-6-10-23(22)28-30(25)21-7-4-3-5-8-21/h3-5,7-8,11-12,17,20H,6,9-10,13-16H2,1-2H3,(H,27,31). The van der Waals surface area contributed by atoms with Crippen molar-refractivity contribution < 1.29 is 13.2 Å². The number of aryl methyl sites for hydroxylation is 3. The number of amides is 1. The molecule has 3 aromatic rings. The zero-order valence-electron chi connectivity index (χ0n) is 19.6. The molecule has 1 aliphatic carbocycles. The minimum atomic E-state index is -3.57. The van der Waals surface area contributed by atoms with E-state index in [1.165, 1.54) is 4.31 Å². The van der Waals surface area contributed by atoms with Crippen LogP contribution in [-0.2, 0) is 27.7 Å². The summed E-state index contributed by atoms with van der Waals surface area (Å²) >= 11 is 0. The summed E-state index contributed by atoms with van der Waals surface area (Å²) in [5, 5.41) is 7.92. The first kappa shape index (κ1) is 22.8. The Morgan fingerprint density at radius 3 is 2.47 bits per heavy atom. The topological polar surface area (TPSA) is 84.3 Å². The van der Waals surface area contributed by atoms with Gasteiger partial charge in [-0.2, -0.15) is 9.40 Å². The zero-order valence-corrected chi connectivity index (χ0v) is 20.4. The van der Waals surface area contributed by atoms with Crippen LogP contribution in [0.4, 0.5) is 5.82 Å². The van der Waals surface area contributed by atoms with Crippen molar-refractivity contribution in [2.75, 3.05) is 18.4 Å². The maximum absolute atomic E-state index is 13.2. The Hall–Kier alpha value is -2.97. The summed E-state index contributed by atoms with van der Waals surface area (Å²) in [5.41, 5.74) is 4.87. The van der Waals surface area contributed by atoms with Crippen molar-refractivity contribution >= 4 is 21.7 Å². The fraction of sp³-hybridized carbons (Fsp3) is 0.385. The molecule has 34 heavy (non-hydrogen) atoms. The molecule has 1 aliphatic heterocycles. The van der Waals surface area contributed by atoms with Gasteiger partial charge in [0.25, 0.3) is 0 Å². The quantitative estimate of drug-likeness (QED) is 0.600. The number of fused-ring (bicyclic) bond motifs is 1. The number of para-hydroxylation sites is 1. The second-order valence-corrected chi connectivity index (χ2v) is 11.2. The maximum atomic E-state index is 13.2. The molecule has 1 saturated heterocycles. The number of hydrogen-bond donors (Lipinski definition) is 1. The van der Waals surface area contributed by atoms with Crippen LogP contribution in [-0.4, -0.2) is 41.5 Å². The van der Waals surface area contributed by atoms with Crippen molar-refractivity contribution in [3.05, 3.63) is 70.9 Å². The van der Waals surface area contributed by atoms with E-state index in [1.807, 2.05) is 61.0 Å². The monoisotopic (exact) mass is 478 g/mol. The van der Waals surface area contributed by atoms with Crippen LogP contribution in [0.15, 0.2) is 53.4 Å². The summed E-state index contributed by atoms with van der Waals surface area (Å²) < 4.78 is 29.7. The van der Waals surface area contributed by atoms with Gasteiger partial charge in [-0.3, -0.25) is 4.79 Å². The van der Waals surface area contributed by atoms with Gasteiger partial charge in [0.1, 0.15) is 5.82 Å². The third-order valence-corrected chi connectivity index (χ3v) is 8.98. The minimum Gasteiger partial charge on any atom is -0.310 e. The Labute approximate surface area is 200 Å². The van der Waals surface area contributed by atoms with Gasteiger partial charge in [-0.25, -0.2) is 13.1 Å². The molecular formula is C26H30N4O3S. The van der Waals surface area contributed by atoms with Crippen LogP contribution in [0.2, 0.25) is 0 Å². The van der Waals surface area contributed by atoms with E-state index in [2.05, 4.69) is 5.32 Å². The molecule has 0 saturated carbocycles. The lowest BCUT2D eigenvalue weighted by molar-refractivity contribution is -0.121. The molecule has 5 rings (SSSR count). The second kappa shape index (κ2) is 9.00. The first-order chi connectivity index (χ1) is 16.3. The molecule has 2 heterocycles. The van der Waals surface area contributed by atoms with Crippen LogP contribution in [0.5, 0.6) is 0 Å². The number of nitrogens with one attached hydrogen (secondary N) is 1. The van der Waals surface area contributed by atoms with Crippen LogP contribution in [0.25, 0.3) is 5.69 Å². The molecule has 1 N–H and O–H groups in total. The van der Waals surface area contributed by atoms with E-state index in [1.54, 1.807) is 6.07 Å². The summed E-state index contributed by atoms with van der Waals surface area (Å²) in [5.74, 6) is 0.464. The van der Waals surface area contributed by atoms with E-state index in [0.29, 0.717) is 30.8 Å². The molecule has 1 aromatic heterocycles. The van der Waals surface area contributed by atoms with Gasteiger partial charge in [-0.05, 0) is 69.7 Å². The lowest BCUT2D eigenvalue weighted by atomic mass is 9.97. The van der Waals surface area contributed by atoms with Gasteiger partial charge < -0.3 is 5.32 Å². The zero-order chi connectivity index (χ0) is 23.9. The Morgan fingerprint density at radius 2 is 1.76 bits per heavy atom. The van der Waals surface area contributed by atoms with Gasteiger partial charge in [0, 0.05) is 24.6 Å². The van der Waals surface area contributed by atoms with E-state index in [-0.39, 0.29) is 11.8 Å². The number of sulfonamides is 1. The Balaban J connectivity index is 1.30. The molecule has 7 nitrogen and oxygen atoms in total. The highest BCUT2D eigenvalue weighted by Crippen LogP contribution is 2.32. The number of carbonyl (C=O) groups excluding carboxylic acids is 1. The predicted octanol–water partition coefficient (Wildman–Crippen LogP) is 4.02. The molecule has 178 valence electrons. The molecule has 1 fully saturated rings. The Bertz CT molecular complexity index is 1320. The molecular weight excluding hydrogens is 448 g/mol. The van der Waals surface area contributed by atoms with Gasteiger partial charge in [0.2, 0.25) is 15.9 Å². The number of rotatable bonds is 5. The van der Waals surface area contributed by atoms with Crippen molar-refractivity contribution in [3.8, 4) is 5.69 Å². The smallest absolute Gasteiger partial charge is 0.243 e. The Morgan fingerprint density at radius 1 is 1.03 bits per heavy atom. The third kappa shape index (κ3) is 4.16. The number of nitrogens with zero attached hydrogens (tertiary/aromatic N) is 3. The molecule has 0 spiro atoms. The first-order valence-corrected chi connectivity index (χ1v) is 13.3. The molecule has 8 heteroatoms. The van der Waals surface area contributed by atoms with Crippen LogP contribution >= 0.6 is 0 Å². The molecule has 2 aromatic carbocycles. The van der Waals surface area contributed by atoms with Crippen LogP contribution < -0.4 is 5.32 Å². The summed E-state index contributed by atoms with van der Waals surface area (Å²) in [6.07, 6.45) is 3.87. The van der Waals surface area contributed by atoms with Crippen molar-refractivity contribution in [2.45, 2.75) is 50.8 Å². The van der Waals surface area contributed by atoms with Gasteiger partial charge in [0.05, 0.1) is 16.3 Å². The van der Waals surface area contributed by atoms with Crippen molar-refractivity contribution in [3.63, 3.8) is 0 Å². The van der Waals surface area contributed by atoms with Crippen LogP contribution in [0.1, 0.15) is 41.6 Å². The van der Waals surface area contributed by atoms with E-state index >= 15 is 0 Å². The maximum Gasteiger partial charge on any atom is 0.243 e. The molecule has 0 radical (unpaired) electrons. The van der Waals surface area contributed by atoms with Crippen molar-refractivity contribution in [2.24, 2.45) is 5.92 Å². The predicted molar refractivity (Wildman–Crippen MR) is 132 cm³/mol. The summed E-state index contributed by atoms with van der Waals surface area (Å²) in [7, 11) is -3.57. The first-order valence-electron chi connectivity index (χ1n) is 11.9. The lowest BCUT2D eigenvalue weighted by Crippen LogP contribution is -2.41. The molecule has 0 atom stereocenters. The highest BCUT2D eigenvalue weighted by Gasteiger charge is 2.34. The lowest BCUT2D eigenvalue weighted by Gasteiger charge is -2.31. The van der Waals surface area contributed by atoms with E-state index in [4.69, 9.17) is 5.10 Å². The third-order valence-electron chi connectivity index (χ3n) is 6.92. The van der Waals surface area contributed by atoms with E-state index in [9.17, 15) is 13.2 Å². The number of piperidine rings is 1. The molecule has 0 bridgehead atoms. The fourth-order valence-corrected chi connectivity index (χ4v) is 6.76. The largest absolute Gasteiger partial charge is 0.310 e. The van der Waals surface area contributed by atoms with E-state index < -0.39 is 10.0 Å². The normalized spacial score (nSPS) is 17.0. The number of hydrogen-bond acceptors (Lipinski definition) is 4. The summed E-state index contributed by atoms with van der Waals surface area (Å²) in [4.78, 5) is 13.6. The van der Waals surface area contributed by atoms with Gasteiger partial charge >= 0.3 is 0 Å².